The molecule has 0 radical (unpaired) electrons. The van der Waals surface area contributed by atoms with E-state index < -0.39 is 0 Å². The molecule has 1 atom stereocenters. The molecule has 0 amide bonds. The van der Waals surface area contributed by atoms with E-state index in [2.05, 4.69) is 29.5 Å². The van der Waals surface area contributed by atoms with Crippen molar-refractivity contribution in [1.29, 1.82) is 0 Å². The molecule has 1 aliphatic carbocycles. The fourth-order valence-corrected chi connectivity index (χ4v) is 2.34. The van der Waals surface area contributed by atoms with Crippen LogP contribution in [0.3, 0.4) is 0 Å². The molecule has 0 aliphatic heterocycles. The number of aromatic nitrogens is 1. The summed E-state index contributed by atoms with van der Waals surface area (Å²) in [6.45, 7) is 4.40. The van der Waals surface area contributed by atoms with Gasteiger partial charge in [-0.25, -0.2) is 4.98 Å². The van der Waals surface area contributed by atoms with E-state index >= 15 is 0 Å². The normalized spacial score (nSPS) is 18.6. The maximum Gasteiger partial charge on any atom is 0.183 e. The monoisotopic (exact) mass is 196 g/mol. The summed E-state index contributed by atoms with van der Waals surface area (Å²) in [6.07, 6.45) is 3.82. The van der Waals surface area contributed by atoms with E-state index in [1.807, 2.05) is 0 Å². The summed E-state index contributed by atoms with van der Waals surface area (Å²) in [5.41, 5.74) is 1.20. The van der Waals surface area contributed by atoms with Gasteiger partial charge in [-0.3, -0.25) is 0 Å². The molecule has 1 aromatic rings. The Hall–Kier alpha value is -0.570. The van der Waals surface area contributed by atoms with Crippen LogP contribution in [-0.4, -0.2) is 11.0 Å². The van der Waals surface area contributed by atoms with Crippen LogP contribution in [0.15, 0.2) is 5.38 Å². The Morgan fingerprint density at radius 2 is 2.46 bits per heavy atom. The highest BCUT2D eigenvalue weighted by atomic mass is 32.1. The molecular weight excluding hydrogens is 180 g/mol. The third-order valence-electron chi connectivity index (χ3n) is 2.59. The molecule has 1 saturated carbocycles. The fraction of sp³-hybridized carbons (Fsp3) is 0.700. The Kier molecular flexibility index (Phi) is 2.54. The number of anilines is 1. The van der Waals surface area contributed by atoms with Gasteiger partial charge in [0.15, 0.2) is 5.13 Å². The number of nitrogens with zero attached hydrogens (tertiary/aromatic N) is 1. The Morgan fingerprint density at radius 3 is 3.00 bits per heavy atom. The average molecular weight is 196 g/mol. The highest BCUT2D eigenvalue weighted by Crippen LogP contribution is 2.34. The van der Waals surface area contributed by atoms with Gasteiger partial charge in [0.2, 0.25) is 0 Å². The topological polar surface area (TPSA) is 24.9 Å². The second-order valence-corrected chi connectivity index (χ2v) is 4.63. The largest absolute Gasteiger partial charge is 0.359 e. The molecule has 2 rings (SSSR count). The predicted octanol–water partition coefficient (Wildman–Crippen LogP) is 2.92. The summed E-state index contributed by atoms with van der Waals surface area (Å²) in [6, 6.07) is 0.607. The van der Waals surface area contributed by atoms with Crippen molar-refractivity contribution in [3.8, 4) is 0 Å². The van der Waals surface area contributed by atoms with E-state index in [4.69, 9.17) is 0 Å². The lowest BCUT2D eigenvalue weighted by Gasteiger charge is -2.10. The summed E-state index contributed by atoms with van der Waals surface area (Å²) in [5, 5.41) is 6.70. The van der Waals surface area contributed by atoms with Gasteiger partial charge >= 0.3 is 0 Å². The molecule has 13 heavy (non-hydrogen) atoms. The molecular formula is C10H16N2S. The van der Waals surface area contributed by atoms with Gasteiger partial charge in [0.1, 0.15) is 0 Å². The first-order chi connectivity index (χ1) is 6.29. The number of thiazole rings is 1. The van der Waals surface area contributed by atoms with E-state index in [1.54, 1.807) is 11.3 Å². The third kappa shape index (κ3) is 2.21. The zero-order valence-corrected chi connectivity index (χ0v) is 9.03. The summed E-state index contributed by atoms with van der Waals surface area (Å²) >= 11 is 1.73. The van der Waals surface area contributed by atoms with Crippen LogP contribution in [-0.2, 0) is 6.42 Å². The maximum absolute atomic E-state index is 4.49. The third-order valence-corrected chi connectivity index (χ3v) is 3.42. The summed E-state index contributed by atoms with van der Waals surface area (Å²) in [4.78, 5) is 4.49. The zero-order valence-electron chi connectivity index (χ0n) is 8.21. The SMILES string of the molecule is CCc1csc(NC(C)C2CC2)n1. The molecule has 0 saturated heterocycles. The van der Waals surface area contributed by atoms with Crippen molar-refractivity contribution in [2.45, 2.75) is 39.2 Å². The van der Waals surface area contributed by atoms with Crippen molar-refractivity contribution in [2.24, 2.45) is 5.92 Å². The number of hydrogen-bond donors (Lipinski definition) is 1. The highest BCUT2D eigenvalue weighted by molar-refractivity contribution is 7.13. The first-order valence-electron chi connectivity index (χ1n) is 5.00. The maximum atomic E-state index is 4.49. The van der Waals surface area contributed by atoms with Crippen LogP contribution in [0.1, 0.15) is 32.4 Å². The van der Waals surface area contributed by atoms with E-state index in [-0.39, 0.29) is 0 Å². The number of nitrogens with one attached hydrogen (secondary N) is 1. The molecule has 1 N–H and O–H groups in total. The van der Waals surface area contributed by atoms with E-state index in [1.165, 1.54) is 18.5 Å². The van der Waals surface area contributed by atoms with Gasteiger partial charge in [-0.15, -0.1) is 11.3 Å². The first-order valence-corrected chi connectivity index (χ1v) is 5.88. The quantitative estimate of drug-likeness (QED) is 0.801. The van der Waals surface area contributed by atoms with Crippen LogP contribution in [0.5, 0.6) is 0 Å². The van der Waals surface area contributed by atoms with Crippen molar-refractivity contribution in [1.82, 2.24) is 4.98 Å². The van der Waals surface area contributed by atoms with Crippen LogP contribution in [0.2, 0.25) is 0 Å². The Bertz CT molecular complexity index is 278. The second-order valence-electron chi connectivity index (χ2n) is 3.77. The molecule has 0 aromatic carbocycles. The van der Waals surface area contributed by atoms with E-state index in [9.17, 15) is 0 Å². The van der Waals surface area contributed by atoms with Gasteiger partial charge in [0, 0.05) is 11.4 Å². The highest BCUT2D eigenvalue weighted by Gasteiger charge is 2.28. The zero-order chi connectivity index (χ0) is 9.26. The van der Waals surface area contributed by atoms with Crippen LogP contribution in [0.25, 0.3) is 0 Å². The van der Waals surface area contributed by atoms with Crippen molar-refractivity contribution >= 4 is 16.5 Å². The van der Waals surface area contributed by atoms with Gasteiger partial charge in [0.25, 0.3) is 0 Å². The van der Waals surface area contributed by atoms with Crippen molar-refractivity contribution in [3.63, 3.8) is 0 Å². The van der Waals surface area contributed by atoms with Crippen molar-refractivity contribution in [3.05, 3.63) is 11.1 Å². The summed E-state index contributed by atoms with van der Waals surface area (Å²) in [7, 11) is 0. The number of aryl methyl sites for hydroxylation is 1. The van der Waals surface area contributed by atoms with Gasteiger partial charge in [-0.1, -0.05) is 6.92 Å². The number of hydrogen-bond acceptors (Lipinski definition) is 3. The van der Waals surface area contributed by atoms with Crippen molar-refractivity contribution < 1.29 is 0 Å². The van der Waals surface area contributed by atoms with Crippen LogP contribution < -0.4 is 5.32 Å². The lowest BCUT2D eigenvalue weighted by atomic mass is 10.2. The molecule has 0 spiro atoms. The minimum absolute atomic E-state index is 0.607. The molecule has 1 heterocycles. The van der Waals surface area contributed by atoms with E-state index in [0.29, 0.717) is 6.04 Å². The molecule has 1 aliphatic rings. The van der Waals surface area contributed by atoms with Gasteiger partial charge in [-0.05, 0) is 32.1 Å². The molecule has 3 heteroatoms. The minimum atomic E-state index is 0.607. The predicted molar refractivity (Wildman–Crippen MR) is 57.3 cm³/mol. The Balaban J connectivity index is 1.92. The molecule has 72 valence electrons. The lowest BCUT2D eigenvalue weighted by molar-refractivity contribution is 0.693. The van der Waals surface area contributed by atoms with Crippen LogP contribution in [0, 0.1) is 5.92 Å². The smallest absolute Gasteiger partial charge is 0.183 e. The Morgan fingerprint density at radius 1 is 1.69 bits per heavy atom. The molecule has 1 fully saturated rings. The summed E-state index contributed by atoms with van der Waals surface area (Å²) in [5.74, 6) is 0.897. The van der Waals surface area contributed by atoms with Gasteiger partial charge < -0.3 is 5.32 Å². The minimum Gasteiger partial charge on any atom is -0.359 e. The molecule has 1 aromatic heterocycles. The summed E-state index contributed by atoms with van der Waals surface area (Å²) < 4.78 is 0. The molecule has 2 nitrogen and oxygen atoms in total. The lowest BCUT2D eigenvalue weighted by Crippen LogP contribution is -2.16. The average Bonchev–Trinajstić information content (AvgIpc) is 2.88. The Labute approximate surface area is 83.4 Å². The fourth-order valence-electron chi connectivity index (χ4n) is 1.44. The standard InChI is InChI=1S/C10H16N2S/c1-3-9-6-13-10(12-9)11-7(2)8-4-5-8/h6-8H,3-5H2,1-2H3,(H,11,12). The van der Waals surface area contributed by atoms with E-state index in [0.717, 1.165) is 17.5 Å². The molecule has 0 bridgehead atoms. The van der Waals surface area contributed by atoms with Crippen LogP contribution >= 0.6 is 11.3 Å². The van der Waals surface area contributed by atoms with Gasteiger partial charge in [0.05, 0.1) is 5.69 Å². The van der Waals surface area contributed by atoms with Crippen molar-refractivity contribution in [2.75, 3.05) is 5.32 Å². The van der Waals surface area contributed by atoms with Crippen LogP contribution in [0.4, 0.5) is 5.13 Å². The second kappa shape index (κ2) is 3.66. The van der Waals surface area contributed by atoms with Gasteiger partial charge in [-0.2, -0.15) is 0 Å². The first kappa shape index (κ1) is 9.00. The molecule has 1 unspecified atom stereocenters. The number of rotatable bonds is 4.